The van der Waals surface area contributed by atoms with E-state index in [-0.39, 0.29) is 0 Å². The second-order valence-corrected chi connectivity index (χ2v) is 9.62. The van der Waals surface area contributed by atoms with Crippen molar-refractivity contribution in [2.45, 2.75) is 96.9 Å². The van der Waals surface area contributed by atoms with Crippen LogP contribution in [0, 0.1) is 0 Å². The van der Waals surface area contributed by atoms with Crippen molar-refractivity contribution < 1.29 is 0 Å². The van der Waals surface area contributed by atoms with Crippen LogP contribution in [-0.2, 0) is 12.8 Å². The van der Waals surface area contributed by atoms with Crippen LogP contribution in [-0.4, -0.2) is 10.9 Å². The molecule has 3 aliphatic rings. The third-order valence-corrected chi connectivity index (χ3v) is 7.48. The summed E-state index contributed by atoms with van der Waals surface area (Å²) < 4.78 is 0. The molecule has 1 aromatic rings. The van der Waals surface area contributed by atoms with Gasteiger partial charge in [-0.2, -0.15) is 0 Å². The summed E-state index contributed by atoms with van der Waals surface area (Å²) in [6, 6.07) is 5.73. The molecular weight excluding hydrogens is 362 g/mol. The first-order valence-corrected chi connectivity index (χ1v) is 12.3. The number of benzene rings is 1. The van der Waals surface area contributed by atoms with E-state index in [2.05, 4.69) is 63.2 Å². The Morgan fingerprint density at radius 1 is 1.07 bits per heavy atom. The molecular formula is C29H39N. The Morgan fingerprint density at radius 2 is 1.87 bits per heavy atom. The molecule has 0 N–H and O–H groups in total. The Labute approximate surface area is 184 Å². The maximum atomic E-state index is 4.37. The maximum Gasteiger partial charge on any atom is 0.0491 e. The Morgan fingerprint density at radius 3 is 2.60 bits per heavy atom. The van der Waals surface area contributed by atoms with Gasteiger partial charge in [0, 0.05) is 29.4 Å². The number of hydrogen-bond acceptors (Lipinski definition) is 1. The van der Waals surface area contributed by atoms with Crippen LogP contribution >= 0.6 is 0 Å². The smallest absolute Gasteiger partial charge is 0.0491 e. The van der Waals surface area contributed by atoms with Crippen molar-refractivity contribution in [1.29, 1.82) is 0 Å². The summed E-state index contributed by atoms with van der Waals surface area (Å²) in [5, 5.41) is 0. The highest BCUT2D eigenvalue weighted by molar-refractivity contribution is 5.78. The van der Waals surface area contributed by atoms with Crippen molar-refractivity contribution >= 4 is 5.70 Å². The topological polar surface area (TPSA) is 3.24 Å². The predicted molar refractivity (Wildman–Crippen MR) is 131 cm³/mol. The molecule has 1 saturated carbocycles. The van der Waals surface area contributed by atoms with Gasteiger partial charge in [-0.25, -0.2) is 0 Å². The molecule has 1 aromatic carbocycles. The summed E-state index contributed by atoms with van der Waals surface area (Å²) in [7, 11) is 0. The number of allylic oxidation sites excluding steroid dienone is 4. The van der Waals surface area contributed by atoms with Gasteiger partial charge in [0.1, 0.15) is 0 Å². The van der Waals surface area contributed by atoms with E-state index in [4.69, 9.17) is 0 Å². The number of rotatable bonds is 7. The fourth-order valence-corrected chi connectivity index (χ4v) is 5.83. The Hall–Kier alpha value is -2.02. The first kappa shape index (κ1) is 21.2. The first-order chi connectivity index (χ1) is 14.5. The van der Waals surface area contributed by atoms with Gasteiger partial charge in [0.15, 0.2) is 0 Å². The lowest BCUT2D eigenvalue weighted by atomic mass is 9.72. The quantitative estimate of drug-likeness (QED) is 0.417. The second kappa shape index (κ2) is 9.00. The number of nitrogens with zero attached hydrogens (tertiary/aromatic N) is 1. The highest BCUT2D eigenvalue weighted by atomic mass is 15.2. The Bertz CT molecular complexity index is 897. The molecule has 160 valence electrons. The third-order valence-electron chi connectivity index (χ3n) is 7.48. The van der Waals surface area contributed by atoms with Gasteiger partial charge in [-0.15, -0.1) is 0 Å². The van der Waals surface area contributed by atoms with Crippen LogP contribution in [0.4, 0.5) is 0 Å². The van der Waals surface area contributed by atoms with Crippen molar-refractivity contribution in [3.63, 3.8) is 0 Å². The monoisotopic (exact) mass is 401 g/mol. The third kappa shape index (κ3) is 3.84. The van der Waals surface area contributed by atoms with Gasteiger partial charge in [-0.05, 0) is 84.6 Å². The van der Waals surface area contributed by atoms with E-state index in [0.29, 0.717) is 12.0 Å². The van der Waals surface area contributed by atoms with Crippen LogP contribution in [0.15, 0.2) is 54.3 Å². The highest BCUT2D eigenvalue weighted by Crippen LogP contribution is 2.49. The molecule has 2 heterocycles. The molecule has 0 bridgehead atoms. The Kier molecular flexibility index (Phi) is 6.37. The SMILES string of the molecule is C=C(C)C1=CN2C(=CC1=C)c1cc(CC)c(CCCCCC)cc1C1CCCCC12. The van der Waals surface area contributed by atoms with E-state index in [1.54, 1.807) is 16.7 Å². The summed E-state index contributed by atoms with van der Waals surface area (Å²) in [6.07, 6.45) is 17.7. The molecule has 30 heavy (non-hydrogen) atoms. The minimum Gasteiger partial charge on any atom is -0.343 e. The Balaban J connectivity index is 1.77. The average Bonchev–Trinajstić information content (AvgIpc) is 2.75. The molecule has 2 unspecified atom stereocenters. The molecule has 1 heteroatoms. The number of hydrogen-bond donors (Lipinski definition) is 0. The van der Waals surface area contributed by atoms with Crippen molar-refractivity contribution in [2.24, 2.45) is 0 Å². The number of unbranched alkanes of at least 4 members (excludes halogenated alkanes) is 3. The number of fused-ring (bicyclic) bond motifs is 6. The van der Waals surface area contributed by atoms with Crippen molar-refractivity contribution in [3.8, 4) is 0 Å². The normalized spacial score (nSPS) is 22.6. The maximum absolute atomic E-state index is 4.37. The largest absolute Gasteiger partial charge is 0.343 e. The molecule has 0 radical (unpaired) electrons. The lowest BCUT2D eigenvalue weighted by molar-refractivity contribution is 0.239. The van der Waals surface area contributed by atoms with Crippen LogP contribution < -0.4 is 0 Å². The molecule has 2 aliphatic heterocycles. The molecule has 1 fully saturated rings. The van der Waals surface area contributed by atoms with Crippen molar-refractivity contribution in [1.82, 2.24) is 4.90 Å². The molecule has 0 saturated heterocycles. The van der Waals surface area contributed by atoms with E-state index in [1.165, 1.54) is 74.6 Å². The van der Waals surface area contributed by atoms with Gasteiger partial charge in [0.05, 0.1) is 0 Å². The minimum atomic E-state index is 0.584. The van der Waals surface area contributed by atoms with E-state index in [0.717, 1.165) is 17.6 Å². The lowest BCUT2D eigenvalue weighted by Crippen LogP contribution is -2.42. The molecule has 1 aliphatic carbocycles. The zero-order valence-electron chi connectivity index (χ0n) is 19.4. The molecule has 2 atom stereocenters. The van der Waals surface area contributed by atoms with E-state index in [1.807, 2.05) is 0 Å². The minimum absolute atomic E-state index is 0.584. The summed E-state index contributed by atoms with van der Waals surface area (Å²) in [5.74, 6) is 0.653. The molecule has 0 spiro atoms. The molecule has 0 amide bonds. The summed E-state index contributed by atoms with van der Waals surface area (Å²) in [4.78, 5) is 2.59. The van der Waals surface area contributed by atoms with Gasteiger partial charge in [0.25, 0.3) is 0 Å². The van der Waals surface area contributed by atoms with Gasteiger partial charge >= 0.3 is 0 Å². The van der Waals surface area contributed by atoms with Crippen LogP contribution in [0.2, 0.25) is 0 Å². The van der Waals surface area contributed by atoms with Gasteiger partial charge in [-0.1, -0.05) is 65.2 Å². The van der Waals surface area contributed by atoms with Gasteiger partial charge in [0.2, 0.25) is 0 Å². The van der Waals surface area contributed by atoms with Crippen molar-refractivity contribution in [3.05, 3.63) is 76.5 Å². The van der Waals surface area contributed by atoms with Crippen LogP contribution in [0.1, 0.15) is 100 Å². The van der Waals surface area contributed by atoms with Crippen LogP contribution in [0.3, 0.4) is 0 Å². The highest BCUT2D eigenvalue weighted by Gasteiger charge is 2.40. The average molecular weight is 402 g/mol. The van der Waals surface area contributed by atoms with E-state index in [9.17, 15) is 0 Å². The molecule has 0 aromatic heterocycles. The first-order valence-electron chi connectivity index (χ1n) is 12.3. The predicted octanol–water partition coefficient (Wildman–Crippen LogP) is 8.08. The zero-order valence-corrected chi connectivity index (χ0v) is 19.4. The molecule has 4 rings (SSSR count). The fourth-order valence-electron chi connectivity index (χ4n) is 5.83. The number of aryl methyl sites for hydroxylation is 2. The van der Waals surface area contributed by atoms with E-state index < -0.39 is 0 Å². The van der Waals surface area contributed by atoms with Crippen LogP contribution in [0.5, 0.6) is 0 Å². The fraction of sp³-hybridized carbons (Fsp3) is 0.517. The van der Waals surface area contributed by atoms with Gasteiger partial charge < -0.3 is 4.90 Å². The summed E-state index contributed by atoms with van der Waals surface area (Å²) >= 11 is 0. The summed E-state index contributed by atoms with van der Waals surface area (Å²) in [5.41, 5.74) is 11.0. The van der Waals surface area contributed by atoms with Gasteiger partial charge in [-0.3, -0.25) is 0 Å². The standard InChI is InChI=1S/C29H39N/c1-6-8-9-10-13-23-18-25-24-14-11-12-15-28(24)30-19-27(20(3)4)21(5)16-29(30)26(25)17-22(23)7-2/h16-19,24,28H,3,5-15H2,1-2,4H3. The van der Waals surface area contributed by atoms with Crippen LogP contribution in [0.25, 0.3) is 5.70 Å². The van der Waals surface area contributed by atoms with Crippen molar-refractivity contribution in [2.75, 3.05) is 0 Å². The summed E-state index contributed by atoms with van der Waals surface area (Å²) in [6.45, 7) is 15.3. The lowest BCUT2D eigenvalue weighted by Gasteiger charge is -2.48. The second-order valence-electron chi connectivity index (χ2n) is 9.62. The van der Waals surface area contributed by atoms with E-state index >= 15 is 0 Å². The zero-order chi connectivity index (χ0) is 21.3. The molecule has 1 nitrogen and oxygen atoms in total.